The average Bonchev–Trinajstić information content (AvgIpc) is 2.34. The van der Waals surface area contributed by atoms with Crippen molar-refractivity contribution in [1.29, 1.82) is 0 Å². The van der Waals surface area contributed by atoms with Crippen LogP contribution in [0.3, 0.4) is 0 Å². The Morgan fingerprint density at radius 3 is 3.00 bits per heavy atom. The molecule has 0 saturated heterocycles. The van der Waals surface area contributed by atoms with E-state index in [1.54, 1.807) is 6.20 Å². The van der Waals surface area contributed by atoms with E-state index in [9.17, 15) is 0 Å². The number of nitrogens with zero attached hydrogens (tertiary/aromatic N) is 2. The highest BCUT2D eigenvalue weighted by Crippen LogP contribution is 2.09. The number of aryl methyl sites for hydroxylation is 1. The Hall–Kier alpha value is -1.10. The van der Waals surface area contributed by atoms with E-state index < -0.39 is 0 Å². The summed E-state index contributed by atoms with van der Waals surface area (Å²) in [5, 5.41) is 11.6. The molecule has 0 fully saturated rings. The van der Waals surface area contributed by atoms with Crippen molar-refractivity contribution >= 4 is 17.2 Å². The molecule has 3 N–H and O–H groups in total. The van der Waals surface area contributed by atoms with Crippen molar-refractivity contribution < 1.29 is 5.21 Å². The fourth-order valence-corrected chi connectivity index (χ4v) is 1.18. The minimum atomic E-state index is 0.0677. The molecular weight excluding hydrogens is 150 g/mol. The summed E-state index contributed by atoms with van der Waals surface area (Å²) in [6, 6.07) is 0. The van der Waals surface area contributed by atoms with Gasteiger partial charge in [-0.15, -0.1) is 11.3 Å². The molecule has 0 aliphatic heterocycles. The number of hydrogen-bond donors (Lipinski definition) is 2. The third-order valence-corrected chi connectivity index (χ3v) is 1.88. The zero-order valence-corrected chi connectivity index (χ0v) is 6.22. The summed E-state index contributed by atoms with van der Waals surface area (Å²) in [5.74, 6) is 0.0677. The summed E-state index contributed by atoms with van der Waals surface area (Å²) in [7, 11) is 0. The number of thiazole rings is 1. The number of nitrogens with two attached hydrogens (primary N) is 1. The van der Waals surface area contributed by atoms with Gasteiger partial charge in [-0.25, -0.2) is 4.98 Å². The van der Waals surface area contributed by atoms with Gasteiger partial charge in [-0.2, -0.15) is 0 Å². The van der Waals surface area contributed by atoms with Crippen LogP contribution in [0.25, 0.3) is 0 Å². The number of oxime groups is 1. The number of rotatable bonds is 1. The molecule has 0 spiro atoms. The van der Waals surface area contributed by atoms with Gasteiger partial charge in [0.15, 0.2) is 10.8 Å². The van der Waals surface area contributed by atoms with Crippen LogP contribution in [0, 0.1) is 6.92 Å². The first-order chi connectivity index (χ1) is 4.74. The van der Waals surface area contributed by atoms with Crippen molar-refractivity contribution in [3.63, 3.8) is 0 Å². The molecule has 1 heterocycles. The molecule has 1 aromatic rings. The lowest BCUT2D eigenvalue weighted by atomic mass is 10.6. The maximum Gasteiger partial charge on any atom is 0.199 e. The van der Waals surface area contributed by atoms with E-state index in [1.165, 1.54) is 11.3 Å². The van der Waals surface area contributed by atoms with Crippen molar-refractivity contribution in [2.45, 2.75) is 6.92 Å². The minimum Gasteiger partial charge on any atom is -0.409 e. The Balaban J connectivity index is 2.95. The fourth-order valence-electron chi connectivity index (χ4n) is 0.516. The normalized spacial score (nSPS) is 11.9. The molecule has 0 bridgehead atoms. The molecular formula is C5H7N3OS. The topological polar surface area (TPSA) is 71.5 Å². The standard InChI is InChI=1S/C5H7N3OS/c1-3-2-7-5(10-3)4(6)8-9/h2,9H,1H3,(H2,6,8). The zero-order chi connectivity index (χ0) is 7.56. The maximum atomic E-state index is 8.23. The first-order valence-corrected chi connectivity index (χ1v) is 3.46. The summed E-state index contributed by atoms with van der Waals surface area (Å²) < 4.78 is 0. The van der Waals surface area contributed by atoms with Gasteiger partial charge in [-0.05, 0) is 6.92 Å². The van der Waals surface area contributed by atoms with Crippen molar-refractivity contribution in [2.75, 3.05) is 0 Å². The highest BCUT2D eigenvalue weighted by molar-refractivity contribution is 7.13. The van der Waals surface area contributed by atoms with Gasteiger partial charge >= 0.3 is 0 Å². The van der Waals surface area contributed by atoms with Gasteiger partial charge in [0, 0.05) is 11.1 Å². The van der Waals surface area contributed by atoms with Gasteiger partial charge in [0.05, 0.1) is 0 Å². The second-order valence-electron chi connectivity index (χ2n) is 1.76. The molecule has 1 aromatic heterocycles. The van der Waals surface area contributed by atoms with Gasteiger partial charge < -0.3 is 10.9 Å². The van der Waals surface area contributed by atoms with E-state index in [4.69, 9.17) is 10.9 Å². The lowest BCUT2D eigenvalue weighted by Crippen LogP contribution is -2.12. The molecule has 5 heteroatoms. The van der Waals surface area contributed by atoms with Crippen LogP contribution >= 0.6 is 11.3 Å². The number of hydrogen-bond acceptors (Lipinski definition) is 4. The number of amidine groups is 1. The van der Waals surface area contributed by atoms with Crippen LogP contribution in [0.5, 0.6) is 0 Å². The molecule has 0 aromatic carbocycles. The van der Waals surface area contributed by atoms with E-state index in [1.807, 2.05) is 6.92 Å². The molecule has 0 atom stereocenters. The Morgan fingerprint density at radius 1 is 1.90 bits per heavy atom. The molecule has 0 aliphatic rings. The fraction of sp³-hybridized carbons (Fsp3) is 0.200. The summed E-state index contributed by atoms with van der Waals surface area (Å²) in [6.07, 6.45) is 1.68. The second-order valence-corrected chi connectivity index (χ2v) is 3.00. The Morgan fingerprint density at radius 2 is 2.60 bits per heavy atom. The molecule has 4 nitrogen and oxygen atoms in total. The van der Waals surface area contributed by atoms with Crippen LogP contribution in [0.15, 0.2) is 11.4 Å². The summed E-state index contributed by atoms with van der Waals surface area (Å²) in [6.45, 7) is 1.91. The highest BCUT2D eigenvalue weighted by Gasteiger charge is 2.01. The van der Waals surface area contributed by atoms with Crippen LogP contribution in [0.4, 0.5) is 0 Å². The predicted molar refractivity (Wildman–Crippen MR) is 39.4 cm³/mol. The predicted octanol–water partition coefficient (Wildman–Crippen LogP) is 0.546. The van der Waals surface area contributed by atoms with Gasteiger partial charge in [-0.1, -0.05) is 5.16 Å². The zero-order valence-electron chi connectivity index (χ0n) is 5.40. The molecule has 0 radical (unpaired) electrons. The SMILES string of the molecule is Cc1cnc(/C(N)=N/O)s1. The third-order valence-electron chi connectivity index (χ3n) is 0.948. The Labute approximate surface area is 62.0 Å². The maximum absolute atomic E-state index is 8.23. The van der Waals surface area contributed by atoms with Crippen LogP contribution in [-0.2, 0) is 0 Å². The highest BCUT2D eigenvalue weighted by atomic mass is 32.1. The van der Waals surface area contributed by atoms with Crippen LogP contribution in [0.1, 0.15) is 9.88 Å². The Bertz CT molecular complexity index is 255. The lowest BCUT2D eigenvalue weighted by Gasteiger charge is -1.86. The molecule has 0 unspecified atom stereocenters. The van der Waals surface area contributed by atoms with Crippen LogP contribution in [-0.4, -0.2) is 16.0 Å². The largest absolute Gasteiger partial charge is 0.409 e. The molecule has 0 saturated carbocycles. The monoisotopic (exact) mass is 157 g/mol. The van der Waals surface area contributed by atoms with Gasteiger partial charge in [-0.3, -0.25) is 0 Å². The molecule has 0 amide bonds. The first kappa shape index (κ1) is 7.01. The van der Waals surface area contributed by atoms with Crippen molar-refractivity contribution in [3.05, 3.63) is 16.1 Å². The van der Waals surface area contributed by atoms with Crippen molar-refractivity contribution in [3.8, 4) is 0 Å². The Kier molecular flexibility index (Phi) is 1.86. The smallest absolute Gasteiger partial charge is 0.199 e. The second kappa shape index (κ2) is 2.66. The van der Waals surface area contributed by atoms with Gasteiger partial charge in [0.2, 0.25) is 0 Å². The van der Waals surface area contributed by atoms with E-state index in [0.717, 1.165) is 4.88 Å². The van der Waals surface area contributed by atoms with Crippen LogP contribution < -0.4 is 5.73 Å². The summed E-state index contributed by atoms with van der Waals surface area (Å²) in [4.78, 5) is 4.93. The van der Waals surface area contributed by atoms with E-state index in [-0.39, 0.29) is 5.84 Å². The first-order valence-electron chi connectivity index (χ1n) is 2.64. The molecule has 54 valence electrons. The molecule has 10 heavy (non-hydrogen) atoms. The van der Waals surface area contributed by atoms with E-state index in [0.29, 0.717) is 5.01 Å². The minimum absolute atomic E-state index is 0.0677. The lowest BCUT2D eigenvalue weighted by molar-refractivity contribution is 0.318. The molecule has 0 aliphatic carbocycles. The van der Waals surface area contributed by atoms with Gasteiger partial charge in [0.25, 0.3) is 0 Å². The van der Waals surface area contributed by atoms with Crippen LogP contribution in [0.2, 0.25) is 0 Å². The van der Waals surface area contributed by atoms with E-state index in [2.05, 4.69) is 10.1 Å². The van der Waals surface area contributed by atoms with Crippen molar-refractivity contribution in [1.82, 2.24) is 4.98 Å². The average molecular weight is 157 g/mol. The summed E-state index contributed by atoms with van der Waals surface area (Å²) in [5.41, 5.74) is 5.26. The van der Waals surface area contributed by atoms with E-state index >= 15 is 0 Å². The molecule has 1 rings (SSSR count). The van der Waals surface area contributed by atoms with Gasteiger partial charge in [0.1, 0.15) is 0 Å². The third kappa shape index (κ3) is 1.24. The number of aromatic nitrogens is 1. The summed E-state index contributed by atoms with van der Waals surface area (Å²) >= 11 is 1.39. The quantitative estimate of drug-likeness (QED) is 0.270. The van der Waals surface area contributed by atoms with Crippen molar-refractivity contribution in [2.24, 2.45) is 10.9 Å².